The van der Waals surface area contributed by atoms with Crippen LogP contribution in [0.4, 0.5) is 4.39 Å². The Morgan fingerprint density at radius 1 is 1.35 bits per heavy atom. The molecule has 2 aromatic rings. The second kappa shape index (κ2) is 4.76. The number of halogens is 2. The molecule has 1 aromatic carbocycles. The van der Waals surface area contributed by atoms with Crippen LogP contribution in [0.25, 0.3) is 17.5 Å². The Morgan fingerprint density at radius 3 is 2.70 bits per heavy atom. The van der Waals surface area contributed by atoms with E-state index in [9.17, 15) is 9.18 Å². The smallest absolute Gasteiger partial charge is 0.281 e. The van der Waals surface area contributed by atoms with Gasteiger partial charge < -0.3 is 5.73 Å². The number of hydrogen-bond acceptors (Lipinski definition) is 3. The van der Waals surface area contributed by atoms with Crippen LogP contribution in [0.15, 0.2) is 29.1 Å². The van der Waals surface area contributed by atoms with E-state index in [2.05, 4.69) is 5.10 Å². The van der Waals surface area contributed by atoms with Crippen molar-refractivity contribution in [2.45, 2.75) is 13.1 Å². The lowest BCUT2D eigenvalue weighted by atomic mass is 10.2. The minimum absolute atomic E-state index is 0.218. The van der Waals surface area contributed by atoms with Gasteiger partial charge in [-0.15, -0.1) is 0 Å². The second-order valence-corrected chi connectivity index (χ2v) is 4.93. The van der Waals surface area contributed by atoms with Crippen LogP contribution in [0.3, 0.4) is 0 Å². The Hall–Kier alpha value is -2.14. The van der Waals surface area contributed by atoms with Gasteiger partial charge in [0.1, 0.15) is 12.4 Å². The monoisotopic (exact) mass is 291 g/mol. The molecule has 0 spiro atoms. The number of rotatable bonds is 2. The zero-order valence-electron chi connectivity index (χ0n) is 10.4. The summed E-state index contributed by atoms with van der Waals surface area (Å²) < 4.78 is 14.3. The van der Waals surface area contributed by atoms with Crippen LogP contribution < -0.4 is 21.7 Å². The first-order chi connectivity index (χ1) is 9.61. The van der Waals surface area contributed by atoms with Crippen LogP contribution in [-0.4, -0.2) is 9.78 Å². The van der Waals surface area contributed by atoms with Gasteiger partial charge in [0.05, 0.1) is 10.9 Å². The van der Waals surface area contributed by atoms with Gasteiger partial charge in [0.2, 0.25) is 0 Å². The molecule has 3 rings (SSSR count). The standard InChI is InChI=1S/C14H11ClFN3O/c15-8-1-3-9(4-2-8)19-14(20)13-10(5-6-11(13)17)12(7-16)18-19/h1-5H,6-7,17H2. The van der Waals surface area contributed by atoms with Crippen molar-refractivity contribution in [3.63, 3.8) is 0 Å². The zero-order valence-corrected chi connectivity index (χ0v) is 11.2. The first-order valence-electron chi connectivity index (χ1n) is 6.05. The fourth-order valence-corrected chi connectivity index (χ4v) is 2.41. The van der Waals surface area contributed by atoms with Gasteiger partial charge >= 0.3 is 0 Å². The lowest BCUT2D eigenvalue weighted by molar-refractivity contribution is 0.464. The van der Waals surface area contributed by atoms with E-state index < -0.39 is 6.67 Å². The summed E-state index contributed by atoms with van der Waals surface area (Å²) >= 11 is 5.82. The van der Waals surface area contributed by atoms with Crippen molar-refractivity contribution in [3.8, 4) is 5.69 Å². The van der Waals surface area contributed by atoms with Gasteiger partial charge in [-0.3, -0.25) is 4.79 Å². The maximum Gasteiger partial charge on any atom is 0.281 e. The predicted molar refractivity (Wildman–Crippen MR) is 75.6 cm³/mol. The minimum atomic E-state index is -0.750. The van der Waals surface area contributed by atoms with Crippen molar-refractivity contribution in [3.05, 3.63) is 55.8 Å². The van der Waals surface area contributed by atoms with Gasteiger partial charge in [-0.1, -0.05) is 17.7 Å². The number of nitrogens with two attached hydrogens (primary N) is 1. The topological polar surface area (TPSA) is 60.9 Å². The highest BCUT2D eigenvalue weighted by atomic mass is 35.5. The molecule has 1 aliphatic rings. The third-order valence-corrected chi connectivity index (χ3v) is 3.50. The van der Waals surface area contributed by atoms with Crippen molar-refractivity contribution in [2.75, 3.05) is 0 Å². The summed E-state index contributed by atoms with van der Waals surface area (Å²) in [4.78, 5) is 12.4. The van der Waals surface area contributed by atoms with Gasteiger partial charge in [0, 0.05) is 22.4 Å². The number of alkyl halides is 1. The minimum Gasteiger partial charge on any atom is -0.401 e. The molecule has 0 bridgehead atoms. The third kappa shape index (κ3) is 1.91. The SMILES string of the molecule is NC1=c2c(c(CF)nn(-c3ccc(Cl)cc3)c2=O)=CC1. The maximum atomic E-state index is 13.1. The van der Waals surface area contributed by atoms with E-state index in [1.165, 1.54) is 0 Å². The molecule has 0 fully saturated rings. The van der Waals surface area contributed by atoms with Gasteiger partial charge in [0.15, 0.2) is 0 Å². The Kier molecular flexibility index (Phi) is 3.06. The molecule has 1 aromatic heterocycles. The molecular weight excluding hydrogens is 281 g/mol. The van der Waals surface area contributed by atoms with E-state index in [0.29, 0.717) is 33.3 Å². The van der Waals surface area contributed by atoms with Crippen LogP contribution >= 0.6 is 11.6 Å². The van der Waals surface area contributed by atoms with Crippen LogP contribution in [0.2, 0.25) is 5.02 Å². The van der Waals surface area contributed by atoms with Crippen LogP contribution in [0.1, 0.15) is 12.1 Å². The largest absolute Gasteiger partial charge is 0.401 e. The molecule has 0 radical (unpaired) electrons. The molecule has 6 heteroatoms. The highest BCUT2D eigenvalue weighted by molar-refractivity contribution is 6.30. The lowest BCUT2D eigenvalue weighted by Gasteiger charge is -2.07. The molecule has 0 saturated carbocycles. The van der Waals surface area contributed by atoms with Crippen molar-refractivity contribution >= 4 is 23.4 Å². The summed E-state index contributed by atoms with van der Waals surface area (Å²) in [5.41, 5.74) is 6.69. The van der Waals surface area contributed by atoms with E-state index in [-0.39, 0.29) is 11.3 Å². The van der Waals surface area contributed by atoms with Crippen molar-refractivity contribution in [1.82, 2.24) is 9.78 Å². The summed E-state index contributed by atoms with van der Waals surface area (Å²) in [5, 5.41) is 5.50. The molecule has 0 unspecified atom stereocenters. The molecule has 1 aliphatic carbocycles. The molecule has 0 atom stereocenters. The normalized spacial score (nSPS) is 13.2. The summed E-state index contributed by atoms with van der Waals surface area (Å²) in [6, 6.07) is 6.60. The quantitative estimate of drug-likeness (QED) is 0.882. The zero-order chi connectivity index (χ0) is 14.3. The Morgan fingerprint density at radius 2 is 2.05 bits per heavy atom. The number of benzene rings is 1. The van der Waals surface area contributed by atoms with E-state index in [4.69, 9.17) is 17.3 Å². The van der Waals surface area contributed by atoms with Gasteiger partial charge in [-0.2, -0.15) is 9.78 Å². The van der Waals surface area contributed by atoms with Gasteiger partial charge in [-0.05, 0) is 24.3 Å². The fraction of sp³-hybridized carbons (Fsp3) is 0.143. The third-order valence-electron chi connectivity index (χ3n) is 3.25. The average Bonchev–Trinajstić information content (AvgIpc) is 2.83. The molecular formula is C14H11ClFN3O. The molecule has 4 nitrogen and oxygen atoms in total. The van der Waals surface area contributed by atoms with Crippen LogP contribution in [0, 0.1) is 0 Å². The van der Waals surface area contributed by atoms with Gasteiger partial charge in [-0.25, -0.2) is 4.39 Å². The molecule has 0 saturated heterocycles. The molecule has 102 valence electrons. The Bertz CT molecular complexity index is 856. The van der Waals surface area contributed by atoms with Crippen molar-refractivity contribution in [2.24, 2.45) is 5.73 Å². The van der Waals surface area contributed by atoms with E-state index >= 15 is 0 Å². The summed E-state index contributed by atoms with van der Waals surface area (Å²) in [5.74, 6) is 0. The predicted octanol–water partition coefficient (Wildman–Crippen LogP) is 0.607. The molecule has 0 amide bonds. The summed E-state index contributed by atoms with van der Waals surface area (Å²) in [6.45, 7) is -0.750. The number of fused-ring (bicyclic) bond motifs is 1. The number of nitrogens with zero attached hydrogens (tertiary/aromatic N) is 2. The van der Waals surface area contributed by atoms with Crippen LogP contribution in [0.5, 0.6) is 0 Å². The summed E-state index contributed by atoms with van der Waals surface area (Å²) in [6.07, 6.45) is 2.18. The first-order valence-corrected chi connectivity index (χ1v) is 6.42. The lowest BCUT2D eigenvalue weighted by Crippen LogP contribution is -2.48. The fourth-order valence-electron chi connectivity index (χ4n) is 2.29. The molecule has 0 aliphatic heterocycles. The van der Waals surface area contributed by atoms with Crippen molar-refractivity contribution in [1.29, 1.82) is 0 Å². The second-order valence-electron chi connectivity index (χ2n) is 4.50. The molecule has 2 N–H and O–H groups in total. The Balaban J connectivity index is 2.38. The Labute approximate surface area is 118 Å². The van der Waals surface area contributed by atoms with Gasteiger partial charge in [0.25, 0.3) is 5.56 Å². The number of aromatic nitrogens is 2. The first kappa shape index (κ1) is 12.9. The molecule has 20 heavy (non-hydrogen) atoms. The van der Waals surface area contributed by atoms with Crippen LogP contribution in [-0.2, 0) is 6.67 Å². The summed E-state index contributed by atoms with van der Waals surface area (Å²) in [7, 11) is 0. The highest BCUT2D eigenvalue weighted by Crippen LogP contribution is 2.11. The van der Waals surface area contributed by atoms with E-state index in [1.807, 2.05) is 0 Å². The average molecular weight is 292 g/mol. The highest BCUT2D eigenvalue weighted by Gasteiger charge is 2.14. The number of hydrogen-bond donors (Lipinski definition) is 1. The van der Waals surface area contributed by atoms with Crippen molar-refractivity contribution < 1.29 is 4.39 Å². The van der Waals surface area contributed by atoms with E-state index in [0.717, 1.165) is 4.68 Å². The maximum absolute atomic E-state index is 13.1. The molecule has 1 heterocycles. The van der Waals surface area contributed by atoms with E-state index in [1.54, 1.807) is 30.3 Å².